The van der Waals surface area contributed by atoms with Crippen LogP contribution >= 0.6 is 0 Å². The smallest absolute Gasteiger partial charge is 0.305 e. The third-order valence-electron chi connectivity index (χ3n) is 5.36. The molecule has 0 saturated carbocycles. The summed E-state index contributed by atoms with van der Waals surface area (Å²) in [4.78, 5) is 27.7. The molecule has 0 spiro atoms. The van der Waals surface area contributed by atoms with E-state index >= 15 is 0 Å². The minimum absolute atomic E-state index is 0.00308. The maximum Gasteiger partial charge on any atom is 0.305 e. The summed E-state index contributed by atoms with van der Waals surface area (Å²) in [6, 6.07) is 4.20. The van der Waals surface area contributed by atoms with Crippen LogP contribution in [0.2, 0.25) is 0 Å². The summed E-state index contributed by atoms with van der Waals surface area (Å²) in [6.07, 6.45) is 7.44. The van der Waals surface area contributed by atoms with Gasteiger partial charge >= 0.3 is 5.97 Å². The number of halogens is 2. The van der Waals surface area contributed by atoms with Crippen LogP contribution in [0.4, 0.5) is 8.78 Å². The molecule has 0 aliphatic carbocycles. The van der Waals surface area contributed by atoms with E-state index in [1.165, 1.54) is 51.4 Å². The van der Waals surface area contributed by atoms with Crippen molar-refractivity contribution in [3.05, 3.63) is 41.3 Å². The minimum atomic E-state index is -1.51. The average molecular weight is 421 g/mol. The molecule has 1 aromatic rings. The third-order valence-corrected chi connectivity index (χ3v) is 5.36. The number of methoxy groups -OCH3 is 1. The van der Waals surface area contributed by atoms with Crippen molar-refractivity contribution in [2.75, 3.05) is 27.2 Å². The molecule has 1 fully saturated rings. The number of aldehydes is 1. The second kappa shape index (κ2) is 11.1. The topological polar surface area (TPSA) is 59.0 Å². The van der Waals surface area contributed by atoms with Gasteiger partial charge in [0.1, 0.15) is 11.5 Å². The Hall–Kier alpha value is -2.41. The highest BCUT2D eigenvalue weighted by Gasteiger charge is 2.25. The molecule has 3 rings (SSSR count). The van der Waals surface area contributed by atoms with Crippen molar-refractivity contribution < 1.29 is 23.1 Å². The SMILES string of the molecule is CC1(F)C=NC=C(c2ccc(C=O)c(F)c2)C1.COC(=O)CC1CCCN(C)CC1. The second-order valence-electron chi connectivity index (χ2n) is 8.12. The molecule has 30 heavy (non-hydrogen) atoms. The van der Waals surface area contributed by atoms with Gasteiger partial charge in [-0.25, -0.2) is 8.78 Å². The molecule has 164 valence electrons. The Bertz CT molecular complexity index is 806. The second-order valence-corrected chi connectivity index (χ2v) is 8.12. The first-order chi connectivity index (χ1) is 14.2. The number of hydrogen-bond donors (Lipinski definition) is 0. The van der Waals surface area contributed by atoms with Crippen LogP contribution in [0.5, 0.6) is 0 Å². The highest BCUT2D eigenvalue weighted by molar-refractivity contribution is 5.81. The quantitative estimate of drug-likeness (QED) is 0.533. The number of carbonyl (C=O) groups excluding carboxylic acids is 2. The van der Waals surface area contributed by atoms with Gasteiger partial charge in [-0.15, -0.1) is 0 Å². The lowest BCUT2D eigenvalue weighted by Gasteiger charge is -2.20. The van der Waals surface area contributed by atoms with Crippen LogP contribution in [0.1, 0.15) is 54.9 Å². The summed E-state index contributed by atoms with van der Waals surface area (Å²) in [6.45, 7) is 3.69. The van der Waals surface area contributed by atoms with Gasteiger partial charge in [-0.2, -0.15) is 0 Å². The lowest BCUT2D eigenvalue weighted by Crippen LogP contribution is -2.22. The summed E-state index contributed by atoms with van der Waals surface area (Å²) in [7, 11) is 3.60. The summed E-state index contributed by atoms with van der Waals surface area (Å²) in [5, 5.41) is 0. The normalized spacial score (nSPS) is 24.2. The van der Waals surface area contributed by atoms with Crippen molar-refractivity contribution in [3.63, 3.8) is 0 Å². The predicted molar refractivity (Wildman–Crippen MR) is 114 cm³/mol. The molecule has 0 radical (unpaired) electrons. The van der Waals surface area contributed by atoms with Crippen molar-refractivity contribution in [1.82, 2.24) is 4.90 Å². The van der Waals surface area contributed by atoms with E-state index in [0.29, 0.717) is 29.8 Å². The van der Waals surface area contributed by atoms with Crippen LogP contribution in [-0.2, 0) is 9.53 Å². The van der Waals surface area contributed by atoms with E-state index in [0.717, 1.165) is 19.5 Å². The van der Waals surface area contributed by atoms with Crippen molar-refractivity contribution in [3.8, 4) is 0 Å². The van der Waals surface area contributed by atoms with E-state index in [2.05, 4.69) is 21.7 Å². The van der Waals surface area contributed by atoms with Gasteiger partial charge in [0, 0.05) is 25.3 Å². The molecule has 0 aromatic heterocycles. The van der Waals surface area contributed by atoms with Crippen LogP contribution in [0.15, 0.2) is 29.4 Å². The molecule has 0 amide bonds. The van der Waals surface area contributed by atoms with Crippen LogP contribution in [-0.4, -0.2) is 56.3 Å². The Morgan fingerprint density at radius 2 is 2.13 bits per heavy atom. The number of nitrogens with zero attached hydrogens (tertiary/aromatic N) is 2. The van der Waals surface area contributed by atoms with E-state index in [1.807, 2.05) is 0 Å². The standard InChI is InChI=1S/C13H11F2NO.C10H19NO2/c1-13(15)5-11(6-16-8-13)9-2-3-10(7-17)12(14)4-9;1-11-6-3-4-9(5-7-11)8-10(12)13-2/h2-4,6-8H,5H2,1H3;9H,3-8H2,1-2H3. The van der Waals surface area contributed by atoms with Crippen LogP contribution in [0.3, 0.4) is 0 Å². The van der Waals surface area contributed by atoms with E-state index in [-0.39, 0.29) is 18.0 Å². The molecule has 2 unspecified atom stereocenters. The zero-order valence-corrected chi connectivity index (χ0v) is 17.9. The van der Waals surface area contributed by atoms with Crippen molar-refractivity contribution >= 4 is 24.0 Å². The molecule has 0 N–H and O–H groups in total. The first-order valence-electron chi connectivity index (χ1n) is 10.2. The maximum absolute atomic E-state index is 13.7. The molecule has 5 nitrogen and oxygen atoms in total. The van der Waals surface area contributed by atoms with Crippen LogP contribution in [0.25, 0.3) is 5.57 Å². The Morgan fingerprint density at radius 3 is 2.77 bits per heavy atom. The average Bonchev–Trinajstić information content (AvgIpc) is 2.91. The summed E-state index contributed by atoms with van der Waals surface area (Å²) in [5.41, 5.74) is -0.344. The molecular weight excluding hydrogens is 390 g/mol. The molecule has 2 atom stereocenters. The Kier molecular flexibility index (Phi) is 8.84. The number of rotatable bonds is 4. The number of carbonyl (C=O) groups is 2. The monoisotopic (exact) mass is 420 g/mol. The van der Waals surface area contributed by atoms with E-state index in [1.54, 1.807) is 6.07 Å². The Labute approximate surface area is 176 Å². The fourth-order valence-corrected chi connectivity index (χ4v) is 3.58. The largest absolute Gasteiger partial charge is 0.469 e. The number of esters is 1. The number of hydrogen-bond acceptors (Lipinski definition) is 5. The minimum Gasteiger partial charge on any atom is -0.469 e. The molecule has 2 aliphatic rings. The molecular formula is C23H30F2N2O3. The van der Waals surface area contributed by atoms with Gasteiger partial charge in [-0.1, -0.05) is 6.07 Å². The zero-order valence-electron chi connectivity index (χ0n) is 17.9. The maximum atomic E-state index is 13.7. The highest BCUT2D eigenvalue weighted by Crippen LogP contribution is 2.30. The van der Waals surface area contributed by atoms with Crippen LogP contribution < -0.4 is 0 Å². The lowest BCUT2D eigenvalue weighted by atomic mass is 9.92. The number of benzene rings is 1. The van der Waals surface area contributed by atoms with E-state index < -0.39 is 11.5 Å². The molecule has 1 aromatic carbocycles. The number of aliphatic imine (C=N–C) groups is 1. The molecule has 1 saturated heterocycles. The number of alkyl halides is 1. The summed E-state index contributed by atoms with van der Waals surface area (Å²) in [5.74, 6) is -0.125. The highest BCUT2D eigenvalue weighted by atomic mass is 19.1. The van der Waals surface area contributed by atoms with Crippen molar-refractivity contribution in [1.29, 1.82) is 0 Å². The summed E-state index contributed by atoms with van der Waals surface area (Å²) < 4.78 is 31.8. The predicted octanol–water partition coefficient (Wildman–Crippen LogP) is 4.46. The number of likely N-dealkylation sites (tertiary alicyclic amines) is 1. The lowest BCUT2D eigenvalue weighted by molar-refractivity contribution is -0.141. The van der Waals surface area contributed by atoms with Gasteiger partial charge in [0.15, 0.2) is 6.29 Å². The first-order valence-corrected chi connectivity index (χ1v) is 10.2. The van der Waals surface area contributed by atoms with Gasteiger partial charge in [-0.05, 0) is 75.5 Å². The fraction of sp³-hybridized carbons (Fsp3) is 0.522. The van der Waals surface area contributed by atoms with Gasteiger partial charge in [-0.3, -0.25) is 14.6 Å². The van der Waals surface area contributed by atoms with Gasteiger partial charge in [0.2, 0.25) is 0 Å². The number of allylic oxidation sites excluding steroid dienone is 1. The Balaban J connectivity index is 0.000000222. The number of ether oxygens (including phenoxy) is 1. The van der Waals surface area contributed by atoms with Crippen molar-refractivity contribution in [2.45, 2.75) is 44.7 Å². The van der Waals surface area contributed by atoms with Gasteiger partial charge in [0.25, 0.3) is 0 Å². The fourth-order valence-electron chi connectivity index (χ4n) is 3.58. The summed E-state index contributed by atoms with van der Waals surface area (Å²) >= 11 is 0. The molecule has 2 heterocycles. The zero-order chi connectivity index (χ0) is 22.1. The molecule has 2 aliphatic heterocycles. The first kappa shape index (κ1) is 23.9. The molecule has 0 bridgehead atoms. The third kappa shape index (κ3) is 7.44. The van der Waals surface area contributed by atoms with E-state index in [4.69, 9.17) is 0 Å². The van der Waals surface area contributed by atoms with Crippen LogP contribution in [0, 0.1) is 11.7 Å². The van der Waals surface area contributed by atoms with Gasteiger partial charge < -0.3 is 9.64 Å². The molecule has 7 heteroatoms. The van der Waals surface area contributed by atoms with Crippen molar-refractivity contribution in [2.24, 2.45) is 10.9 Å². The Morgan fingerprint density at radius 1 is 1.37 bits per heavy atom. The van der Waals surface area contributed by atoms with E-state index in [9.17, 15) is 18.4 Å². The van der Waals surface area contributed by atoms with Gasteiger partial charge in [0.05, 0.1) is 12.7 Å².